The summed E-state index contributed by atoms with van der Waals surface area (Å²) in [7, 11) is 0. The van der Waals surface area contributed by atoms with Gasteiger partial charge in [-0.15, -0.1) is 0 Å². The van der Waals surface area contributed by atoms with Crippen molar-refractivity contribution in [3.8, 4) is 6.07 Å². The highest BCUT2D eigenvalue weighted by Gasteiger charge is 2.31. The summed E-state index contributed by atoms with van der Waals surface area (Å²) in [6.07, 6.45) is 3.15. The molecule has 0 radical (unpaired) electrons. The van der Waals surface area contributed by atoms with E-state index in [1.54, 1.807) is 6.07 Å². The van der Waals surface area contributed by atoms with Crippen LogP contribution >= 0.6 is 0 Å². The van der Waals surface area contributed by atoms with Crippen molar-refractivity contribution in [2.75, 3.05) is 55.6 Å². The standard InChI is InChI=1S/C25H29FN8O/c1-17-12-33(24-3-2-19(9-27)34-25(24)22(26)11-30-34)15-21(35-17)14-31-13-18-8-20(10-29-23(18)16-31)32-6-4-28-5-7-32/h2-3,8,10-11,17,21,28H,4-7,12-16H2,1H3/t17-,21+/m1/s1. The molecule has 2 fully saturated rings. The van der Waals surface area contributed by atoms with Gasteiger partial charge in [-0.25, -0.2) is 8.91 Å². The lowest BCUT2D eigenvalue weighted by molar-refractivity contribution is -0.0329. The zero-order chi connectivity index (χ0) is 23.9. The van der Waals surface area contributed by atoms with Crippen molar-refractivity contribution < 1.29 is 9.13 Å². The number of ether oxygens (including phenoxy) is 1. The summed E-state index contributed by atoms with van der Waals surface area (Å²) in [5, 5.41) is 16.8. The zero-order valence-corrected chi connectivity index (χ0v) is 19.8. The molecule has 1 N–H and O–H groups in total. The van der Waals surface area contributed by atoms with Crippen LogP contribution in [0, 0.1) is 17.1 Å². The third-order valence-electron chi connectivity index (χ3n) is 7.13. The predicted octanol–water partition coefficient (Wildman–Crippen LogP) is 1.76. The maximum absolute atomic E-state index is 14.6. The van der Waals surface area contributed by atoms with Crippen LogP contribution in [0.15, 0.2) is 30.6 Å². The van der Waals surface area contributed by atoms with E-state index < -0.39 is 5.82 Å². The van der Waals surface area contributed by atoms with Gasteiger partial charge in [0.15, 0.2) is 5.82 Å². The Kier molecular flexibility index (Phi) is 5.76. The van der Waals surface area contributed by atoms with E-state index in [1.165, 1.54) is 22.0 Å². The highest BCUT2D eigenvalue weighted by atomic mass is 19.1. The van der Waals surface area contributed by atoms with Crippen molar-refractivity contribution in [3.63, 3.8) is 0 Å². The molecular formula is C25H29FN8O. The van der Waals surface area contributed by atoms with E-state index in [4.69, 9.17) is 9.72 Å². The summed E-state index contributed by atoms with van der Waals surface area (Å²) >= 11 is 0. The van der Waals surface area contributed by atoms with Gasteiger partial charge in [0.25, 0.3) is 0 Å². The number of nitrogens with one attached hydrogen (secondary N) is 1. The Bertz CT molecular complexity index is 1280. The number of halogens is 1. The molecule has 0 saturated carbocycles. The number of nitrogens with zero attached hydrogens (tertiary/aromatic N) is 7. The first-order valence-electron chi connectivity index (χ1n) is 12.2. The third kappa shape index (κ3) is 4.20. The molecule has 6 rings (SSSR count). The van der Waals surface area contributed by atoms with Crippen LogP contribution in [0.3, 0.4) is 0 Å². The predicted molar refractivity (Wildman–Crippen MR) is 130 cm³/mol. The van der Waals surface area contributed by atoms with Gasteiger partial charge >= 0.3 is 0 Å². The summed E-state index contributed by atoms with van der Waals surface area (Å²) in [5.74, 6) is -0.422. The minimum Gasteiger partial charge on any atom is -0.370 e. The highest BCUT2D eigenvalue weighted by molar-refractivity contribution is 5.74. The second-order valence-corrected chi connectivity index (χ2v) is 9.65. The maximum atomic E-state index is 14.6. The number of nitriles is 1. The monoisotopic (exact) mass is 476 g/mol. The normalized spacial score (nSPS) is 23.0. The number of fused-ring (bicyclic) bond motifs is 2. The molecule has 3 aliphatic heterocycles. The Morgan fingerprint density at radius 2 is 2.03 bits per heavy atom. The van der Waals surface area contributed by atoms with Gasteiger partial charge in [-0.2, -0.15) is 10.4 Å². The molecular weight excluding hydrogens is 447 g/mol. The minimum absolute atomic E-state index is 0.00200. The molecule has 0 spiro atoms. The van der Waals surface area contributed by atoms with Crippen LogP contribution in [0.1, 0.15) is 23.9 Å². The van der Waals surface area contributed by atoms with Gasteiger partial charge in [-0.05, 0) is 30.7 Å². The second-order valence-electron chi connectivity index (χ2n) is 9.65. The summed E-state index contributed by atoms with van der Waals surface area (Å²) in [5.41, 5.74) is 5.03. The largest absolute Gasteiger partial charge is 0.370 e. The summed E-state index contributed by atoms with van der Waals surface area (Å²) in [6, 6.07) is 7.89. The average molecular weight is 477 g/mol. The molecule has 10 heteroatoms. The molecule has 3 aromatic rings. The van der Waals surface area contributed by atoms with Crippen LogP contribution in [0.4, 0.5) is 15.8 Å². The first-order valence-corrected chi connectivity index (χ1v) is 12.2. The van der Waals surface area contributed by atoms with Gasteiger partial charge in [0.2, 0.25) is 0 Å². The molecule has 0 bridgehead atoms. The number of morpholine rings is 1. The lowest BCUT2D eigenvalue weighted by Crippen LogP contribution is -2.50. The summed E-state index contributed by atoms with van der Waals surface area (Å²) in [6.45, 7) is 9.81. The van der Waals surface area contributed by atoms with Crippen molar-refractivity contribution in [3.05, 3.63) is 53.4 Å². The van der Waals surface area contributed by atoms with Crippen molar-refractivity contribution in [1.82, 2.24) is 24.8 Å². The van der Waals surface area contributed by atoms with Crippen LogP contribution < -0.4 is 15.1 Å². The number of hydrogen-bond acceptors (Lipinski definition) is 8. The van der Waals surface area contributed by atoms with Crippen LogP contribution in [0.25, 0.3) is 5.52 Å². The minimum atomic E-state index is -0.422. The second kappa shape index (κ2) is 9.07. The first-order chi connectivity index (χ1) is 17.1. The average Bonchev–Trinajstić information content (AvgIpc) is 3.46. The summed E-state index contributed by atoms with van der Waals surface area (Å²) < 4.78 is 22.3. The van der Waals surface area contributed by atoms with Gasteiger partial charge < -0.3 is 19.9 Å². The van der Waals surface area contributed by atoms with Crippen molar-refractivity contribution in [1.29, 1.82) is 5.26 Å². The summed E-state index contributed by atoms with van der Waals surface area (Å²) in [4.78, 5) is 11.7. The number of hydrogen-bond donors (Lipinski definition) is 1. The lowest BCUT2D eigenvalue weighted by Gasteiger charge is -2.39. The molecule has 9 nitrogen and oxygen atoms in total. The van der Waals surface area contributed by atoms with Crippen molar-refractivity contribution >= 4 is 16.9 Å². The van der Waals surface area contributed by atoms with E-state index in [0.717, 1.165) is 57.2 Å². The molecule has 35 heavy (non-hydrogen) atoms. The Morgan fingerprint density at radius 3 is 2.86 bits per heavy atom. The first kappa shape index (κ1) is 22.2. The lowest BCUT2D eigenvalue weighted by atomic mass is 10.1. The topological polar surface area (TPSA) is 85.0 Å². The van der Waals surface area contributed by atoms with Gasteiger partial charge in [-0.1, -0.05) is 0 Å². The Hall–Kier alpha value is -3.26. The van der Waals surface area contributed by atoms with Crippen LogP contribution in [0.2, 0.25) is 0 Å². The fourth-order valence-corrected chi connectivity index (χ4v) is 5.56. The Labute approximate surface area is 203 Å². The van der Waals surface area contributed by atoms with E-state index in [1.807, 2.05) is 19.2 Å². The smallest absolute Gasteiger partial charge is 0.171 e. The van der Waals surface area contributed by atoms with Crippen LogP contribution in [0.5, 0.6) is 0 Å². The van der Waals surface area contributed by atoms with Crippen LogP contribution in [-0.2, 0) is 17.8 Å². The number of rotatable bonds is 4. The van der Waals surface area contributed by atoms with E-state index in [9.17, 15) is 9.65 Å². The van der Waals surface area contributed by atoms with E-state index in [0.29, 0.717) is 24.3 Å². The number of aromatic nitrogens is 3. The SMILES string of the molecule is C[C@@H]1CN(c2ccc(C#N)n3ncc(F)c23)C[C@H](CN2Cc3cc(N4CCNCC4)cnc3C2)O1. The fourth-order valence-electron chi connectivity index (χ4n) is 5.56. The number of anilines is 2. The fraction of sp³-hybridized carbons (Fsp3) is 0.480. The number of piperazine rings is 1. The van der Waals surface area contributed by atoms with Gasteiger partial charge in [0.1, 0.15) is 17.3 Å². The Morgan fingerprint density at radius 1 is 1.17 bits per heavy atom. The molecule has 0 unspecified atom stereocenters. The van der Waals surface area contributed by atoms with E-state index in [-0.39, 0.29) is 12.2 Å². The molecule has 2 saturated heterocycles. The molecule has 2 atom stereocenters. The van der Waals surface area contributed by atoms with Crippen molar-refractivity contribution in [2.45, 2.75) is 32.2 Å². The van der Waals surface area contributed by atoms with Crippen LogP contribution in [-0.4, -0.2) is 77.5 Å². The molecule has 182 valence electrons. The molecule has 6 heterocycles. The molecule has 3 aromatic heterocycles. The molecule has 3 aliphatic rings. The molecule has 0 amide bonds. The van der Waals surface area contributed by atoms with Gasteiger partial charge in [0, 0.05) is 58.9 Å². The third-order valence-corrected chi connectivity index (χ3v) is 7.13. The highest BCUT2D eigenvalue weighted by Crippen LogP contribution is 2.30. The zero-order valence-electron chi connectivity index (χ0n) is 19.8. The van der Waals surface area contributed by atoms with Gasteiger partial charge in [-0.3, -0.25) is 9.88 Å². The van der Waals surface area contributed by atoms with E-state index >= 15 is 0 Å². The molecule has 0 aromatic carbocycles. The number of pyridine rings is 2. The Balaban J connectivity index is 1.17. The molecule has 0 aliphatic carbocycles. The van der Waals surface area contributed by atoms with E-state index in [2.05, 4.69) is 37.3 Å². The van der Waals surface area contributed by atoms with Gasteiger partial charge in [0.05, 0.1) is 41.7 Å². The maximum Gasteiger partial charge on any atom is 0.171 e. The van der Waals surface area contributed by atoms with Crippen molar-refractivity contribution in [2.24, 2.45) is 0 Å². The quantitative estimate of drug-likeness (QED) is 0.610.